The lowest BCUT2D eigenvalue weighted by molar-refractivity contribution is -0.127. The Morgan fingerprint density at radius 3 is 2.76 bits per heavy atom. The average molecular weight is 294 g/mol. The zero-order valence-electron chi connectivity index (χ0n) is 13.6. The van der Waals surface area contributed by atoms with E-state index in [4.69, 9.17) is 0 Å². The Kier molecular flexibility index (Phi) is 6.22. The molecule has 1 N–H and O–H groups in total. The van der Waals surface area contributed by atoms with Gasteiger partial charge in [0.1, 0.15) is 5.78 Å². The molecule has 2 aliphatic rings. The molecule has 2 rings (SSSR count). The Bertz CT molecular complexity index is 368. The molecule has 0 aromatic heterocycles. The van der Waals surface area contributed by atoms with Crippen LogP contribution in [-0.2, 0) is 9.59 Å². The van der Waals surface area contributed by atoms with Crippen molar-refractivity contribution in [1.82, 2.24) is 10.2 Å². The van der Waals surface area contributed by atoms with Crippen molar-refractivity contribution < 1.29 is 9.59 Å². The summed E-state index contributed by atoms with van der Waals surface area (Å²) in [4.78, 5) is 26.4. The summed E-state index contributed by atoms with van der Waals surface area (Å²) in [6.45, 7) is 6.52. The maximum atomic E-state index is 12.1. The van der Waals surface area contributed by atoms with Crippen LogP contribution in [0.5, 0.6) is 0 Å². The number of hydrogen-bond donors (Lipinski definition) is 1. The molecule has 2 unspecified atom stereocenters. The quantitative estimate of drug-likeness (QED) is 0.818. The third-order valence-corrected chi connectivity index (χ3v) is 4.87. The van der Waals surface area contributed by atoms with Crippen molar-refractivity contribution in [3.05, 3.63) is 0 Å². The number of nitrogens with zero attached hydrogens (tertiary/aromatic N) is 1. The van der Waals surface area contributed by atoms with E-state index in [1.165, 1.54) is 6.42 Å². The summed E-state index contributed by atoms with van der Waals surface area (Å²) in [6, 6.07) is 0.310. The van der Waals surface area contributed by atoms with Gasteiger partial charge in [0.05, 0.1) is 6.54 Å². The van der Waals surface area contributed by atoms with Crippen LogP contribution in [0.4, 0.5) is 0 Å². The van der Waals surface area contributed by atoms with E-state index < -0.39 is 0 Å². The molecular weight excluding hydrogens is 264 g/mol. The summed E-state index contributed by atoms with van der Waals surface area (Å²) in [6.07, 6.45) is 7.25. The highest BCUT2D eigenvalue weighted by Crippen LogP contribution is 2.32. The molecule has 0 aromatic carbocycles. The first-order chi connectivity index (χ1) is 10.1. The Morgan fingerprint density at radius 1 is 1.29 bits per heavy atom. The molecular formula is C17H30N2O2. The number of amides is 1. The highest BCUT2D eigenvalue weighted by Gasteiger charge is 2.37. The second kappa shape index (κ2) is 7.92. The van der Waals surface area contributed by atoms with Crippen molar-refractivity contribution in [2.45, 2.75) is 64.8 Å². The number of carbonyl (C=O) groups excluding carboxylic acids is 2. The minimum atomic E-state index is 0.119. The summed E-state index contributed by atoms with van der Waals surface area (Å²) in [5.74, 6) is 1.35. The fourth-order valence-corrected chi connectivity index (χ4v) is 3.66. The number of likely N-dealkylation sites (tertiary alicyclic amines) is 1. The molecule has 0 spiro atoms. The van der Waals surface area contributed by atoms with Gasteiger partial charge in [-0.25, -0.2) is 0 Å². The molecule has 1 aliphatic heterocycles. The third kappa shape index (κ3) is 4.80. The Balaban J connectivity index is 1.84. The molecule has 1 heterocycles. The fourth-order valence-electron chi connectivity index (χ4n) is 3.66. The molecule has 2 fully saturated rings. The van der Waals surface area contributed by atoms with Crippen molar-refractivity contribution in [1.29, 1.82) is 0 Å². The number of nitrogens with one attached hydrogen (secondary N) is 1. The van der Waals surface area contributed by atoms with E-state index in [0.717, 1.165) is 51.6 Å². The zero-order chi connectivity index (χ0) is 15.2. The Labute approximate surface area is 128 Å². The van der Waals surface area contributed by atoms with Crippen LogP contribution >= 0.6 is 0 Å². The summed E-state index contributed by atoms with van der Waals surface area (Å²) in [5, 5.41) is 3.02. The van der Waals surface area contributed by atoms with Gasteiger partial charge in [-0.15, -0.1) is 0 Å². The molecule has 0 radical (unpaired) electrons. The fraction of sp³-hybridized carbons (Fsp3) is 0.882. The molecule has 1 amide bonds. The van der Waals surface area contributed by atoms with E-state index in [1.807, 2.05) is 0 Å². The van der Waals surface area contributed by atoms with Gasteiger partial charge < -0.3 is 5.32 Å². The molecule has 0 aromatic rings. The predicted molar refractivity (Wildman–Crippen MR) is 84.0 cm³/mol. The standard InChI is InChI=1S/C17H30N2O2/c1-13(2)9-10-18-17(21)12-19-11-4-3-7-15(19)14-6-5-8-16(14)20/h13-15H,3-12H2,1-2H3,(H,18,21). The van der Waals surface area contributed by atoms with E-state index in [1.54, 1.807) is 0 Å². The summed E-state index contributed by atoms with van der Waals surface area (Å²) >= 11 is 0. The van der Waals surface area contributed by atoms with Crippen LogP contribution in [0.1, 0.15) is 58.8 Å². The summed E-state index contributed by atoms with van der Waals surface area (Å²) in [7, 11) is 0. The number of carbonyl (C=O) groups is 2. The van der Waals surface area contributed by atoms with Gasteiger partial charge in [-0.1, -0.05) is 20.3 Å². The normalized spacial score (nSPS) is 27.3. The summed E-state index contributed by atoms with van der Waals surface area (Å²) < 4.78 is 0. The molecule has 4 heteroatoms. The molecule has 1 aliphatic carbocycles. The van der Waals surface area contributed by atoms with Crippen LogP contribution in [0.2, 0.25) is 0 Å². The predicted octanol–water partition coefficient (Wildman–Crippen LogP) is 2.37. The lowest BCUT2D eigenvalue weighted by Crippen LogP contribution is -2.49. The maximum absolute atomic E-state index is 12.1. The van der Waals surface area contributed by atoms with Crippen molar-refractivity contribution in [2.75, 3.05) is 19.6 Å². The van der Waals surface area contributed by atoms with Gasteiger partial charge >= 0.3 is 0 Å². The first-order valence-corrected chi connectivity index (χ1v) is 8.61. The molecule has 21 heavy (non-hydrogen) atoms. The van der Waals surface area contributed by atoms with Crippen molar-refractivity contribution >= 4 is 11.7 Å². The van der Waals surface area contributed by atoms with Gasteiger partial charge in [0.15, 0.2) is 0 Å². The molecule has 120 valence electrons. The lowest BCUT2D eigenvalue weighted by atomic mass is 9.88. The molecule has 4 nitrogen and oxygen atoms in total. The van der Waals surface area contributed by atoms with Gasteiger partial charge in [0.25, 0.3) is 0 Å². The van der Waals surface area contributed by atoms with Crippen LogP contribution in [0.15, 0.2) is 0 Å². The van der Waals surface area contributed by atoms with Crippen LogP contribution in [0.25, 0.3) is 0 Å². The number of piperidine rings is 1. The first kappa shape index (κ1) is 16.5. The molecule has 1 saturated carbocycles. The van der Waals surface area contributed by atoms with E-state index in [2.05, 4.69) is 24.1 Å². The molecule has 2 atom stereocenters. The smallest absolute Gasteiger partial charge is 0.234 e. The van der Waals surface area contributed by atoms with Crippen molar-refractivity contribution in [3.8, 4) is 0 Å². The number of ketones is 1. The highest BCUT2D eigenvalue weighted by molar-refractivity contribution is 5.84. The largest absolute Gasteiger partial charge is 0.355 e. The minimum absolute atomic E-state index is 0.119. The number of hydrogen-bond acceptors (Lipinski definition) is 3. The maximum Gasteiger partial charge on any atom is 0.234 e. The van der Waals surface area contributed by atoms with Gasteiger partial charge in [-0.2, -0.15) is 0 Å². The van der Waals surface area contributed by atoms with E-state index in [9.17, 15) is 9.59 Å². The first-order valence-electron chi connectivity index (χ1n) is 8.61. The SMILES string of the molecule is CC(C)CCNC(=O)CN1CCCCC1C1CCCC1=O. The summed E-state index contributed by atoms with van der Waals surface area (Å²) in [5.41, 5.74) is 0. The van der Waals surface area contributed by atoms with E-state index in [0.29, 0.717) is 24.3 Å². The zero-order valence-corrected chi connectivity index (χ0v) is 13.6. The second-order valence-corrected chi connectivity index (χ2v) is 7.03. The van der Waals surface area contributed by atoms with Crippen LogP contribution in [-0.4, -0.2) is 42.3 Å². The van der Waals surface area contributed by atoms with Crippen LogP contribution in [0, 0.1) is 11.8 Å². The van der Waals surface area contributed by atoms with Gasteiger partial charge in [-0.3, -0.25) is 14.5 Å². The second-order valence-electron chi connectivity index (χ2n) is 7.03. The average Bonchev–Trinajstić information content (AvgIpc) is 2.85. The number of Topliss-reactive ketones (excluding diaryl/α,β-unsaturated/α-hetero) is 1. The Morgan fingerprint density at radius 2 is 2.10 bits per heavy atom. The van der Waals surface area contributed by atoms with Crippen LogP contribution < -0.4 is 5.32 Å². The van der Waals surface area contributed by atoms with E-state index >= 15 is 0 Å². The topological polar surface area (TPSA) is 49.4 Å². The monoisotopic (exact) mass is 294 g/mol. The van der Waals surface area contributed by atoms with Gasteiger partial charge in [0, 0.05) is 24.9 Å². The molecule has 0 bridgehead atoms. The van der Waals surface area contributed by atoms with Crippen LogP contribution in [0.3, 0.4) is 0 Å². The third-order valence-electron chi connectivity index (χ3n) is 4.87. The lowest BCUT2D eigenvalue weighted by Gasteiger charge is -2.38. The van der Waals surface area contributed by atoms with Gasteiger partial charge in [-0.05, 0) is 44.6 Å². The van der Waals surface area contributed by atoms with Gasteiger partial charge in [0.2, 0.25) is 5.91 Å². The highest BCUT2D eigenvalue weighted by atomic mass is 16.2. The van der Waals surface area contributed by atoms with E-state index in [-0.39, 0.29) is 11.8 Å². The molecule has 1 saturated heterocycles. The number of rotatable bonds is 6. The minimum Gasteiger partial charge on any atom is -0.355 e. The van der Waals surface area contributed by atoms with Crippen molar-refractivity contribution in [3.63, 3.8) is 0 Å². The Hall–Kier alpha value is -0.900. The van der Waals surface area contributed by atoms with Crippen molar-refractivity contribution in [2.24, 2.45) is 11.8 Å².